The maximum Gasteiger partial charge on any atom is 0.266 e. The van der Waals surface area contributed by atoms with Gasteiger partial charge in [-0.15, -0.1) is 11.3 Å². The van der Waals surface area contributed by atoms with Gasteiger partial charge in [-0.05, 0) is 46.5 Å². The molecule has 2 rings (SSSR count). The molecule has 0 saturated carbocycles. The zero-order valence-corrected chi connectivity index (χ0v) is 11.6. The second-order valence-electron chi connectivity index (χ2n) is 3.27. The van der Waals surface area contributed by atoms with E-state index in [1.165, 1.54) is 16.8 Å². The summed E-state index contributed by atoms with van der Waals surface area (Å²) in [6.45, 7) is 2.78. The molecule has 0 aromatic carbocycles. The van der Waals surface area contributed by atoms with E-state index in [-0.39, 0.29) is 5.56 Å². The Morgan fingerprint density at radius 2 is 2.44 bits per heavy atom. The average Bonchev–Trinajstić information content (AvgIpc) is 2.67. The smallest absolute Gasteiger partial charge is 0.266 e. The lowest BCUT2D eigenvalue weighted by molar-refractivity contribution is 1.05. The Kier molecular flexibility index (Phi) is 3.59. The van der Waals surface area contributed by atoms with Crippen LogP contribution in [0.2, 0.25) is 0 Å². The first-order valence-electron chi connectivity index (χ1n) is 4.68. The molecule has 2 aromatic heterocycles. The van der Waals surface area contributed by atoms with Crippen molar-refractivity contribution in [3.63, 3.8) is 0 Å². The number of aromatic nitrogens is 2. The van der Waals surface area contributed by atoms with Gasteiger partial charge in [0.25, 0.3) is 5.56 Å². The molecule has 0 amide bonds. The van der Waals surface area contributed by atoms with E-state index in [1.807, 2.05) is 22.6 Å². The summed E-state index contributed by atoms with van der Waals surface area (Å²) in [6, 6.07) is 2.08. The second kappa shape index (κ2) is 4.96. The maximum absolute atomic E-state index is 11.3. The molecule has 0 bridgehead atoms. The van der Waals surface area contributed by atoms with Gasteiger partial charge in [0.2, 0.25) is 0 Å². The molecule has 0 radical (unpaired) electrons. The second-order valence-corrected chi connectivity index (χ2v) is 5.35. The van der Waals surface area contributed by atoms with Crippen molar-refractivity contribution in [1.82, 2.24) is 9.97 Å². The van der Waals surface area contributed by atoms with Crippen LogP contribution in [0.25, 0.3) is 0 Å². The predicted molar refractivity (Wildman–Crippen MR) is 74.0 cm³/mol. The summed E-state index contributed by atoms with van der Waals surface area (Å²) in [4.78, 5) is 19.2. The first-order valence-corrected chi connectivity index (χ1v) is 6.64. The van der Waals surface area contributed by atoms with Gasteiger partial charge in [0.15, 0.2) is 0 Å². The Bertz CT molecular complexity index is 549. The lowest BCUT2D eigenvalue weighted by Crippen LogP contribution is -2.14. The summed E-state index contributed by atoms with van der Waals surface area (Å²) in [5.74, 6) is 0.636. The van der Waals surface area contributed by atoms with Gasteiger partial charge >= 0.3 is 0 Å². The van der Waals surface area contributed by atoms with E-state index < -0.39 is 0 Å². The Morgan fingerprint density at radius 3 is 3.12 bits per heavy atom. The molecular weight excluding hydrogens is 337 g/mol. The largest absolute Gasteiger partial charge is 0.364 e. The maximum atomic E-state index is 11.3. The number of H-pyrrole nitrogens is 1. The van der Waals surface area contributed by atoms with Gasteiger partial charge in [-0.3, -0.25) is 4.79 Å². The molecule has 0 atom stereocenters. The highest BCUT2D eigenvalue weighted by Gasteiger charge is 2.05. The molecule has 2 aromatic rings. The van der Waals surface area contributed by atoms with Crippen LogP contribution in [0.4, 0.5) is 5.82 Å². The van der Waals surface area contributed by atoms with Crippen molar-refractivity contribution in [1.29, 1.82) is 0 Å². The molecule has 2 heterocycles. The number of anilines is 1. The quantitative estimate of drug-likeness (QED) is 0.838. The van der Waals surface area contributed by atoms with Crippen molar-refractivity contribution in [3.05, 3.63) is 42.1 Å². The van der Waals surface area contributed by atoms with Crippen LogP contribution >= 0.6 is 33.9 Å². The summed E-state index contributed by atoms with van der Waals surface area (Å²) in [5.41, 5.74) is 1.15. The molecule has 0 spiro atoms. The van der Waals surface area contributed by atoms with Crippen LogP contribution < -0.4 is 10.9 Å². The highest BCUT2D eigenvalue weighted by atomic mass is 127. The number of aryl methyl sites for hydroxylation is 1. The van der Waals surface area contributed by atoms with Crippen molar-refractivity contribution >= 4 is 39.7 Å². The molecule has 16 heavy (non-hydrogen) atoms. The Labute approximate surface area is 110 Å². The van der Waals surface area contributed by atoms with Gasteiger partial charge in [-0.2, -0.15) is 0 Å². The first kappa shape index (κ1) is 11.6. The van der Waals surface area contributed by atoms with Gasteiger partial charge in [-0.25, -0.2) is 4.98 Å². The molecule has 0 aliphatic heterocycles. The van der Waals surface area contributed by atoms with Crippen LogP contribution in [0.1, 0.15) is 10.4 Å². The predicted octanol–water partition coefficient (Wildman–Crippen LogP) is 2.36. The van der Waals surface area contributed by atoms with Crippen LogP contribution in [-0.4, -0.2) is 9.97 Å². The highest BCUT2D eigenvalue weighted by Crippen LogP contribution is 2.17. The standard InChI is InChI=1S/C10H10IN3OS/c1-6-2-3-16-7(6)4-12-9-8(11)10(15)14-5-13-9/h2-3,5H,4H2,1H3,(H2,12,13,14,15). The minimum atomic E-state index is -0.110. The summed E-state index contributed by atoms with van der Waals surface area (Å²) < 4.78 is 0.592. The summed E-state index contributed by atoms with van der Waals surface area (Å²) in [6.07, 6.45) is 1.41. The third kappa shape index (κ3) is 2.43. The fourth-order valence-electron chi connectivity index (χ4n) is 1.26. The Balaban J connectivity index is 2.14. The van der Waals surface area contributed by atoms with E-state index in [1.54, 1.807) is 11.3 Å². The molecule has 2 N–H and O–H groups in total. The molecule has 0 aliphatic carbocycles. The van der Waals surface area contributed by atoms with Gasteiger partial charge in [-0.1, -0.05) is 0 Å². The van der Waals surface area contributed by atoms with Crippen LogP contribution in [-0.2, 0) is 6.54 Å². The summed E-state index contributed by atoms with van der Waals surface area (Å²) in [7, 11) is 0. The topological polar surface area (TPSA) is 57.8 Å². The Hall–Kier alpha value is -0.890. The van der Waals surface area contributed by atoms with E-state index in [2.05, 4.69) is 33.7 Å². The number of thiophene rings is 1. The van der Waals surface area contributed by atoms with Crippen molar-refractivity contribution in [2.45, 2.75) is 13.5 Å². The fourth-order valence-corrected chi connectivity index (χ4v) is 2.59. The number of halogens is 1. The van der Waals surface area contributed by atoms with E-state index in [9.17, 15) is 4.79 Å². The number of hydrogen-bond donors (Lipinski definition) is 2. The van der Waals surface area contributed by atoms with E-state index in [0.29, 0.717) is 15.9 Å². The molecule has 0 fully saturated rings. The van der Waals surface area contributed by atoms with Gasteiger partial charge < -0.3 is 10.3 Å². The fraction of sp³-hybridized carbons (Fsp3) is 0.200. The number of nitrogens with one attached hydrogen (secondary N) is 2. The SMILES string of the molecule is Cc1ccsc1CNc1nc[nH]c(=O)c1I. The third-order valence-corrected chi connectivity index (χ3v) is 4.20. The average molecular weight is 347 g/mol. The monoisotopic (exact) mass is 347 g/mol. The number of aromatic amines is 1. The van der Waals surface area contributed by atoms with Crippen LogP contribution in [0, 0.1) is 10.5 Å². The Morgan fingerprint density at radius 1 is 1.62 bits per heavy atom. The zero-order valence-electron chi connectivity index (χ0n) is 8.58. The highest BCUT2D eigenvalue weighted by molar-refractivity contribution is 14.1. The number of nitrogens with zero attached hydrogens (tertiary/aromatic N) is 1. The van der Waals surface area contributed by atoms with Crippen molar-refractivity contribution < 1.29 is 0 Å². The van der Waals surface area contributed by atoms with Crippen LogP contribution in [0.3, 0.4) is 0 Å². The first-order chi connectivity index (χ1) is 7.68. The van der Waals surface area contributed by atoms with Crippen LogP contribution in [0.5, 0.6) is 0 Å². The molecule has 0 unspecified atom stereocenters. The van der Waals surface area contributed by atoms with Crippen molar-refractivity contribution in [3.8, 4) is 0 Å². The van der Waals surface area contributed by atoms with Crippen LogP contribution in [0.15, 0.2) is 22.6 Å². The minimum Gasteiger partial charge on any atom is -0.364 e. The third-order valence-electron chi connectivity index (χ3n) is 2.18. The molecule has 0 saturated heterocycles. The number of rotatable bonds is 3. The van der Waals surface area contributed by atoms with Gasteiger partial charge in [0.1, 0.15) is 9.39 Å². The molecule has 6 heteroatoms. The lowest BCUT2D eigenvalue weighted by atomic mass is 10.3. The van der Waals surface area contributed by atoms with Gasteiger partial charge in [0, 0.05) is 4.88 Å². The van der Waals surface area contributed by atoms with Crippen molar-refractivity contribution in [2.24, 2.45) is 0 Å². The normalized spacial score (nSPS) is 10.4. The molecule has 4 nitrogen and oxygen atoms in total. The van der Waals surface area contributed by atoms with E-state index >= 15 is 0 Å². The molecular formula is C10H10IN3OS. The minimum absolute atomic E-state index is 0.110. The zero-order chi connectivity index (χ0) is 11.5. The van der Waals surface area contributed by atoms with Crippen molar-refractivity contribution in [2.75, 3.05) is 5.32 Å². The van der Waals surface area contributed by atoms with E-state index in [0.717, 1.165) is 0 Å². The molecule has 84 valence electrons. The summed E-state index contributed by atoms with van der Waals surface area (Å²) in [5, 5.41) is 5.23. The van der Waals surface area contributed by atoms with E-state index in [4.69, 9.17) is 0 Å². The van der Waals surface area contributed by atoms with Gasteiger partial charge in [0.05, 0.1) is 12.9 Å². The lowest BCUT2D eigenvalue weighted by Gasteiger charge is -2.05. The summed E-state index contributed by atoms with van der Waals surface area (Å²) >= 11 is 3.69. The molecule has 0 aliphatic rings. The number of hydrogen-bond acceptors (Lipinski definition) is 4.